The van der Waals surface area contributed by atoms with E-state index in [2.05, 4.69) is 30.1 Å². The van der Waals surface area contributed by atoms with Crippen molar-refractivity contribution in [3.05, 3.63) is 100.0 Å². The molecule has 2 aromatic carbocycles. The van der Waals surface area contributed by atoms with Gasteiger partial charge in [-0.1, -0.05) is 77.6 Å². The molecule has 6 rings (SSSR count). The molecule has 18 heteroatoms. The van der Waals surface area contributed by atoms with E-state index in [1.165, 1.54) is 52.4 Å². The van der Waals surface area contributed by atoms with Crippen LogP contribution in [0.3, 0.4) is 0 Å². The molecule has 0 aliphatic carbocycles. The molecule has 1 saturated heterocycles. The Morgan fingerprint density at radius 2 is 1.82 bits per heavy atom. The number of thiazole rings is 1. The summed E-state index contributed by atoms with van der Waals surface area (Å²) in [5, 5.41) is 10.2. The van der Waals surface area contributed by atoms with Gasteiger partial charge in [-0.15, -0.1) is 23.1 Å². The first-order chi connectivity index (χ1) is 24.4. The van der Waals surface area contributed by atoms with Gasteiger partial charge in [0, 0.05) is 16.9 Å². The first kappa shape index (κ1) is 35.6. The van der Waals surface area contributed by atoms with E-state index in [0.717, 1.165) is 32.6 Å². The van der Waals surface area contributed by atoms with Crippen molar-refractivity contribution in [2.24, 2.45) is 5.16 Å². The van der Waals surface area contributed by atoms with Crippen molar-refractivity contribution in [2.45, 2.75) is 27.6 Å². The van der Waals surface area contributed by atoms with Crippen LogP contribution in [0.5, 0.6) is 0 Å². The Morgan fingerprint density at radius 1 is 1.10 bits per heavy atom. The minimum absolute atomic E-state index is 0.150. The molecular weight excluding hydrogens is 739 g/mol. The lowest BCUT2D eigenvalue weighted by Crippen LogP contribution is -2.71. The number of carbonyl (C=O) groups is 4. The third-order valence-electron chi connectivity index (χ3n) is 7.38. The summed E-state index contributed by atoms with van der Waals surface area (Å²) in [6.45, 7) is 0. The van der Waals surface area contributed by atoms with Crippen LogP contribution in [0.4, 0.5) is 5.13 Å². The van der Waals surface area contributed by atoms with Crippen LogP contribution >= 0.6 is 58.2 Å². The number of aromatic nitrogens is 3. The molecule has 2 aromatic heterocycles. The summed E-state index contributed by atoms with van der Waals surface area (Å²) in [5.41, 5.74) is 2.40. The molecule has 4 heterocycles. The van der Waals surface area contributed by atoms with Crippen LogP contribution in [-0.4, -0.2) is 85.4 Å². The Balaban J connectivity index is 1.27. The van der Waals surface area contributed by atoms with Gasteiger partial charge in [-0.2, -0.15) is 16.1 Å². The van der Waals surface area contributed by atoms with E-state index in [1.54, 1.807) is 11.8 Å². The van der Waals surface area contributed by atoms with Gasteiger partial charge in [0.05, 0.1) is 5.75 Å². The number of β-lactam (4-membered cyclic amide) rings is 1. The van der Waals surface area contributed by atoms with E-state index in [-0.39, 0.29) is 22.2 Å². The van der Waals surface area contributed by atoms with Crippen molar-refractivity contribution in [3.8, 4) is 0 Å². The fourth-order valence-corrected chi connectivity index (χ4v) is 9.41. The molecule has 0 saturated carbocycles. The highest BCUT2D eigenvalue weighted by atomic mass is 32.2. The van der Waals surface area contributed by atoms with Crippen LogP contribution in [-0.2, 0) is 34.5 Å². The maximum Gasteiger partial charge on any atom is 0.356 e. The van der Waals surface area contributed by atoms with Gasteiger partial charge in [-0.3, -0.25) is 19.3 Å². The monoisotopic (exact) mass is 767 g/mol. The molecule has 4 aromatic rings. The molecule has 0 spiro atoms. The van der Waals surface area contributed by atoms with Crippen molar-refractivity contribution < 1.29 is 28.8 Å². The summed E-state index contributed by atoms with van der Waals surface area (Å²) < 4.78 is 11.4. The first-order valence-electron chi connectivity index (χ1n) is 14.9. The SMILES string of the molecule is CON=C(C(=O)NC1C(=O)N2C(C(=O)OC(c3ccccc3)c3ccccc3)=C(CSc3nc(CSC)ns3)CS[C@H]12)c1csc(NC=O)n1. The van der Waals surface area contributed by atoms with E-state index in [0.29, 0.717) is 29.2 Å². The van der Waals surface area contributed by atoms with Crippen molar-refractivity contribution in [2.75, 3.05) is 30.2 Å². The summed E-state index contributed by atoms with van der Waals surface area (Å²) in [6.07, 6.45) is 1.73. The number of anilines is 1. The van der Waals surface area contributed by atoms with Crippen LogP contribution in [0.2, 0.25) is 0 Å². The van der Waals surface area contributed by atoms with E-state index in [4.69, 9.17) is 9.57 Å². The van der Waals surface area contributed by atoms with Gasteiger partial charge >= 0.3 is 5.97 Å². The van der Waals surface area contributed by atoms with Gasteiger partial charge in [0.2, 0.25) is 6.41 Å². The molecule has 2 aliphatic heterocycles. The molecule has 13 nitrogen and oxygen atoms in total. The number of carbonyl (C=O) groups excluding carboxylic acids is 4. The standard InChI is InChI=1S/C32H29N7O6S5/c1-44-37-23(21-15-48-31(34-21)33-17-40)27(41)36-24-28(42)39-25(20(13-47-29(24)39)14-49-32-35-22(16-46-2)38-50-32)30(43)45-26(18-9-5-3-6-10-18)19-11-7-4-8-12-19/h3-12,15,17,24,26,29H,13-14,16H2,1-2H3,(H,36,41)(H,33,34,40)/t24?,29-/m1/s1. The number of esters is 1. The molecule has 3 amide bonds. The summed E-state index contributed by atoms with van der Waals surface area (Å²) in [4.78, 5) is 67.5. The lowest BCUT2D eigenvalue weighted by molar-refractivity contribution is -0.154. The van der Waals surface area contributed by atoms with Gasteiger partial charge in [0.15, 0.2) is 27.1 Å². The fraction of sp³-hybridized carbons (Fsp3) is 0.250. The summed E-state index contributed by atoms with van der Waals surface area (Å²) in [6, 6.07) is 17.9. The zero-order chi connectivity index (χ0) is 35.0. The summed E-state index contributed by atoms with van der Waals surface area (Å²) in [5.74, 6) is 0.397. The van der Waals surface area contributed by atoms with Crippen molar-refractivity contribution in [1.82, 2.24) is 24.6 Å². The lowest BCUT2D eigenvalue weighted by atomic mass is 10.0. The van der Waals surface area contributed by atoms with Crippen molar-refractivity contribution in [1.29, 1.82) is 0 Å². The number of amides is 3. The third-order valence-corrected chi connectivity index (χ3v) is 12.0. The third kappa shape index (κ3) is 7.88. The minimum Gasteiger partial charge on any atom is -0.448 e. The largest absolute Gasteiger partial charge is 0.448 e. The first-order valence-corrected chi connectivity index (χ1v) is 20.0. The van der Waals surface area contributed by atoms with E-state index in [1.807, 2.05) is 66.9 Å². The molecule has 258 valence electrons. The number of fused-ring (bicyclic) bond motifs is 1. The van der Waals surface area contributed by atoms with Gasteiger partial charge in [0.1, 0.15) is 29.9 Å². The Hall–Kier alpha value is -4.23. The van der Waals surface area contributed by atoms with Crippen LogP contribution < -0.4 is 10.6 Å². The van der Waals surface area contributed by atoms with Gasteiger partial charge in [-0.25, -0.2) is 14.8 Å². The average Bonchev–Trinajstić information content (AvgIpc) is 3.80. The highest BCUT2D eigenvalue weighted by molar-refractivity contribution is 8.01. The molecule has 1 fully saturated rings. The predicted octanol–water partition coefficient (Wildman–Crippen LogP) is 4.56. The second kappa shape index (κ2) is 16.7. The number of thioether (sulfide) groups is 3. The number of hydrogen-bond donors (Lipinski definition) is 2. The number of benzene rings is 2. The zero-order valence-corrected chi connectivity index (χ0v) is 30.6. The average molecular weight is 768 g/mol. The van der Waals surface area contributed by atoms with Crippen molar-refractivity contribution in [3.63, 3.8) is 0 Å². The van der Waals surface area contributed by atoms with Crippen molar-refractivity contribution >= 4 is 93.2 Å². The number of nitrogens with zero attached hydrogens (tertiary/aromatic N) is 5. The molecule has 2 N–H and O–H groups in total. The Bertz CT molecular complexity index is 1880. The van der Waals surface area contributed by atoms with Gasteiger partial charge in [0.25, 0.3) is 11.8 Å². The summed E-state index contributed by atoms with van der Waals surface area (Å²) in [7, 11) is 1.28. The molecule has 50 heavy (non-hydrogen) atoms. The summed E-state index contributed by atoms with van der Waals surface area (Å²) >= 11 is 6.90. The highest BCUT2D eigenvalue weighted by Gasteiger charge is 2.55. The van der Waals surface area contributed by atoms with Gasteiger partial charge < -0.3 is 20.2 Å². The Kier molecular flexibility index (Phi) is 11.9. The highest BCUT2D eigenvalue weighted by Crippen LogP contribution is 2.43. The second-order valence-corrected chi connectivity index (χ2v) is 15.3. The Labute approximate surface area is 307 Å². The van der Waals surface area contributed by atoms with Crippen LogP contribution in [0.25, 0.3) is 0 Å². The fourth-order valence-electron chi connectivity index (χ4n) is 5.17. The zero-order valence-electron chi connectivity index (χ0n) is 26.5. The molecule has 0 bridgehead atoms. The lowest BCUT2D eigenvalue weighted by Gasteiger charge is -2.49. The molecule has 0 radical (unpaired) electrons. The van der Waals surface area contributed by atoms with Gasteiger partial charge in [-0.05, 0) is 34.5 Å². The number of hydrogen-bond acceptors (Lipinski definition) is 15. The Morgan fingerprint density at radius 3 is 2.48 bits per heavy atom. The number of oxime groups is 1. The maximum atomic E-state index is 14.3. The normalized spacial score (nSPS) is 17.2. The predicted molar refractivity (Wildman–Crippen MR) is 196 cm³/mol. The topological polar surface area (TPSA) is 165 Å². The smallest absolute Gasteiger partial charge is 0.356 e. The molecular formula is C32H29N7O6S5. The number of nitrogens with one attached hydrogen (secondary N) is 2. The van der Waals surface area contributed by atoms with E-state index in [9.17, 15) is 19.2 Å². The van der Waals surface area contributed by atoms with Crippen LogP contribution in [0, 0.1) is 0 Å². The minimum atomic E-state index is -0.964. The van der Waals surface area contributed by atoms with Crippen LogP contribution in [0.1, 0.15) is 28.7 Å². The quantitative estimate of drug-likeness (QED) is 0.0434. The number of ether oxygens (including phenoxy) is 1. The molecule has 2 aliphatic rings. The maximum absolute atomic E-state index is 14.3. The van der Waals surface area contributed by atoms with Crippen LogP contribution in [0.15, 0.2) is 86.8 Å². The number of rotatable bonds is 15. The van der Waals surface area contributed by atoms with E-state index < -0.39 is 35.3 Å². The second-order valence-electron chi connectivity index (χ2n) is 10.5. The molecule has 2 atom stereocenters. The van der Waals surface area contributed by atoms with E-state index >= 15 is 0 Å². The molecule has 1 unspecified atom stereocenters.